The highest BCUT2D eigenvalue weighted by Crippen LogP contribution is 2.39. The summed E-state index contributed by atoms with van der Waals surface area (Å²) < 4.78 is 21.1. The van der Waals surface area contributed by atoms with Crippen LogP contribution in [0.2, 0.25) is 25.7 Å². The zero-order valence-corrected chi connectivity index (χ0v) is 29.1. The van der Waals surface area contributed by atoms with Crippen molar-refractivity contribution in [3.05, 3.63) is 54.0 Å². The fraction of sp³-hybridized carbons (Fsp3) is 0.515. The van der Waals surface area contributed by atoms with Crippen LogP contribution in [0, 0.1) is 0 Å². The minimum absolute atomic E-state index is 0.151. The van der Waals surface area contributed by atoms with Gasteiger partial charge in [-0.2, -0.15) is 10.2 Å². The number of ether oxygens (including phenoxy) is 3. The number of methoxy groups -OCH3 is 1. The Morgan fingerprint density at radius 3 is 2.32 bits per heavy atom. The minimum atomic E-state index is -1.25. The van der Waals surface area contributed by atoms with Gasteiger partial charge in [-0.25, -0.2) is 19.0 Å². The molecule has 11 heteroatoms. The fourth-order valence-electron chi connectivity index (χ4n) is 5.01. The van der Waals surface area contributed by atoms with E-state index >= 15 is 0 Å². The number of nitrogens with one attached hydrogen (secondary N) is 1. The third kappa shape index (κ3) is 7.87. The molecule has 0 aliphatic heterocycles. The summed E-state index contributed by atoms with van der Waals surface area (Å²) in [4.78, 5) is 16.9. The van der Waals surface area contributed by atoms with Crippen molar-refractivity contribution in [2.45, 2.75) is 97.9 Å². The second-order valence-electron chi connectivity index (χ2n) is 14.3. The first-order chi connectivity index (χ1) is 20.5. The van der Waals surface area contributed by atoms with Crippen molar-refractivity contribution in [3.63, 3.8) is 0 Å². The Morgan fingerprint density at radius 1 is 1.05 bits per heavy atom. The van der Waals surface area contributed by atoms with E-state index in [2.05, 4.69) is 61.0 Å². The van der Waals surface area contributed by atoms with E-state index in [0.717, 1.165) is 39.7 Å². The Morgan fingerprint density at radius 2 is 1.73 bits per heavy atom. The van der Waals surface area contributed by atoms with Crippen molar-refractivity contribution in [2.24, 2.45) is 0 Å². The van der Waals surface area contributed by atoms with Gasteiger partial charge >= 0.3 is 6.09 Å². The molecular weight excluding hydrogens is 572 g/mol. The summed E-state index contributed by atoms with van der Waals surface area (Å²) in [6.07, 6.45) is 3.03. The maximum Gasteiger partial charge on any atom is 0.408 e. The van der Waals surface area contributed by atoms with E-state index in [4.69, 9.17) is 19.3 Å². The molecule has 0 unspecified atom stereocenters. The molecule has 4 rings (SSSR count). The van der Waals surface area contributed by atoms with Crippen molar-refractivity contribution in [1.82, 2.24) is 29.7 Å². The third-order valence-electron chi connectivity index (χ3n) is 7.30. The summed E-state index contributed by atoms with van der Waals surface area (Å²) >= 11 is 0. The first kappa shape index (κ1) is 33.2. The predicted octanol–water partition coefficient (Wildman–Crippen LogP) is 7.46. The molecule has 0 bridgehead atoms. The average molecular weight is 621 g/mol. The average Bonchev–Trinajstić information content (AvgIpc) is 3.53. The summed E-state index contributed by atoms with van der Waals surface area (Å²) in [6, 6.07) is 11.2. The molecule has 3 heterocycles. The van der Waals surface area contributed by atoms with E-state index in [1.807, 2.05) is 63.7 Å². The number of hydrogen-bond donors (Lipinski definition) is 1. The normalized spacial score (nSPS) is 12.6. The van der Waals surface area contributed by atoms with Gasteiger partial charge in [0, 0.05) is 37.6 Å². The zero-order chi connectivity index (χ0) is 32.4. The molecule has 238 valence electrons. The van der Waals surface area contributed by atoms with Crippen molar-refractivity contribution >= 4 is 19.8 Å². The van der Waals surface area contributed by atoms with Crippen molar-refractivity contribution in [1.29, 1.82) is 0 Å². The Bertz CT molecular complexity index is 1590. The van der Waals surface area contributed by atoms with Crippen LogP contribution in [0.15, 0.2) is 42.9 Å². The number of pyridine rings is 1. The molecule has 1 N–H and O–H groups in total. The van der Waals surface area contributed by atoms with Crippen molar-refractivity contribution in [2.75, 3.05) is 13.7 Å². The molecule has 10 nitrogen and oxygen atoms in total. The molecule has 4 aromatic rings. The number of fused-ring (bicyclic) bond motifs is 1. The topological polar surface area (TPSA) is 105 Å². The number of rotatable bonds is 11. The second kappa shape index (κ2) is 12.7. The first-order valence-electron chi connectivity index (χ1n) is 15.2. The lowest BCUT2D eigenvalue weighted by molar-refractivity contribution is 0.0470. The Balaban J connectivity index is 1.76. The van der Waals surface area contributed by atoms with Crippen LogP contribution < -0.4 is 10.1 Å². The summed E-state index contributed by atoms with van der Waals surface area (Å²) in [5.41, 5.74) is 5.21. The lowest BCUT2D eigenvalue weighted by atomic mass is 9.90. The molecule has 0 saturated heterocycles. The van der Waals surface area contributed by atoms with E-state index in [1.54, 1.807) is 11.6 Å². The van der Waals surface area contributed by atoms with Gasteiger partial charge < -0.3 is 19.5 Å². The molecule has 0 aliphatic carbocycles. The number of benzene rings is 1. The van der Waals surface area contributed by atoms with E-state index in [-0.39, 0.29) is 5.92 Å². The largest absolute Gasteiger partial charge is 0.493 e. The highest BCUT2D eigenvalue weighted by atomic mass is 28.3. The Labute approximate surface area is 262 Å². The van der Waals surface area contributed by atoms with Gasteiger partial charge in [-0.3, -0.25) is 0 Å². The first-order valence-corrected chi connectivity index (χ1v) is 18.9. The molecule has 1 aromatic carbocycles. The van der Waals surface area contributed by atoms with Crippen molar-refractivity contribution in [3.8, 4) is 28.3 Å². The van der Waals surface area contributed by atoms with E-state index < -0.39 is 25.3 Å². The molecule has 1 amide bonds. The summed E-state index contributed by atoms with van der Waals surface area (Å²) in [5, 5.41) is 12.5. The standard InChI is InChI=1S/C33H48N6O4Si/c1-22(2)27-28(23-12-14-25(15-13-23)33(6,7)36-31(40)43-32(3,4)5)37-39(21-42-16-17-44(9,10)11)29(27)24-18-26(41-8)30-34-20-35-38(30)19-24/h12-15,18-20,22H,16-17,21H2,1-11H3,(H,36,40). The van der Waals surface area contributed by atoms with Crippen molar-refractivity contribution < 1.29 is 19.0 Å². The van der Waals surface area contributed by atoms with Gasteiger partial charge in [0.2, 0.25) is 0 Å². The quantitative estimate of drug-likeness (QED) is 0.137. The van der Waals surface area contributed by atoms with Gasteiger partial charge in [0.25, 0.3) is 0 Å². The Kier molecular flexibility index (Phi) is 9.60. The summed E-state index contributed by atoms with van der Waals surface area (Å²) in [7, 11) is 0.387. The lowest BCUT2D eigenvalue weighted by Crippen LogP contribution is -2.43. The van der Waals surface area contributed by atoms with Crippen LogP contribution in [0.4, 0.5) is 4.79 Å². The minimum Gasteiger partial charge on any atom is -0.493 e. The summed E-state index contributed by atoms with van der Waals surface area (Å²) in [6.45, 7) is 21.9. The molecule has 0 fully saturated rings. The highest BCUT2D eigenvalue weighted by molar-refractivity contribution is 6.76. The number of carbonyl (C=O) groups excluding carboxylic acids is 1. The second-order valence-corrected chi connectivity index (χ2v) is 19.9. The van der Waals surface area contributed by atoms with Crippen LogP contribution in [-0.2, 0) is 21.7 Å². The number of alkyl carbamates (subject to hydrolysis) is 1. The fourth-order valence-corrected chi connectivity index (χ4v) is 5.77. The molecule has 0 atom stereocenters. The maximum atomic E-state index is 12.5. The Hall–Kier alpha value is -3.70. The number of nitrogens with zero attached hydrogens (tertiary/aromatic N) is 5. The highest BCUT2D eigenvalue weighted by Gasteiger charge is 2.28. The monoisotopic (exact) mass is 620 g/mol. The molecule has 0 spiro atoms. The third-order valence-corrected chi connectivity index (χ3v) is 9.01. The van der Waals surface area contributed by atoms with Crippen LogP contribution >= 0.6 is 0 Å². The number of carbonyl (C=O) groups is 1. The number of aromatic nitrogens is 5. The van der Waals surface area contributed by atoms with E-state index in [1.165, 1.54) is 6.33 Å². The van der Waals surface area contributed by atoms with Gasteiger partial charge in [-0.15, -0.1) is 0 Å². The lowest BCUT2D eigenvalue weighted by Gasteiger charge is -2.29. The van der Waals surface area contributed by atoms with E-state index in [9.17, 15) is 4.79 Å². The predicted molar refractivity (Wildman–Crippen MR) is 177 cm³/mol. The van der Waals surface area contributed by atoms with Gasteiger partial charge in [0.05, 0.1) is 24.0 Å². The van der Waals surface area contributed by atoms with Crippen LogP contribution in [0.25, 0.3) is 28.2 Å². The van der Waals surface area contributed by atoms with Crippen LogP contribution in [-0.4, -0.2) is 57.9 Å². The SMILES string of the molecule is COc1cc(-c2c(C(C)C)c(-c3ccc(C(C)(C)NC(=O)OC(C)(C)C)cc3)nn2COCC[Si](C)(C)C)cn2ncnc12. The maximum absolute atomic E-state index is 12.5. The smallest absolute Gasteiger partial charge is 0.408 e. The molecule has 0 saturated carbocycles. The molecule has 3 aromatic heterocycles. The van der Waals surface area contributed by atoms with Gasteiger partial charge in [-0.1, -0.05) is 57.8 Å². The molecule has 0 radical (unpaired) electrons. The van der Waals surface area contributed by atoms with Gasteiger partial charge in [0.15, 0.2) is 11.4 Å². The molecule has 44 heavy (non-hydrogen) atoms. The van der Waals surface area contributed by atoms with Gasteiger partial charge in [0.1, 0.15) is 18.7 Å². The van der Waals surface area contributed by atoms with Crippen LogP contribution in [0.1, 0.15) is 65.5 Å². The van der Waals surface area contributed by atoms with Crippen LogP contribution in [0.5, 0.6) is 5.75 Å². The number of amides is 1. The van der Waals surface area contributed by atoms with Crippen LogP contribution in [0.3, 0.4) is 0 Å². The zero-order valence-electron chi connectivity index (χ0n) is 28.1. The summed E-state index contributed by atoms with van der Waals surface area (Å²) in [5.74, 6) is 0.783. The van der Waals surface area contributed by atoms with Gasteiger partial charge in [-0.05, 0) is 58.2 Å². The molecular formula is C33H48N6O4Si. The van der Waals surface area contributed by atoms with E-state index in [0.29, 0.717) is 24.7 Å². The molecule has 0 aliphatic rings. The number of hydrogen-bond acceptors (Lipinski definition) is 7.